The normalized spacial score (nSPS) is 25.2. The van der Waals surface area contributed by atoms with E-state index in [0.29, 0.717) is 12.8 Å². The number of unbranched alkanes of at least 4 members (excludes halogenated alkanes) is 35. The van der Waals surface area contributed by atoms with Gasteiger partial charge in [-0.1, -0.05) is 359 Å². The largest absolute Gasteiger partial charge is 0.394 e. The second kappa shape index (κ2) is 74.5. The highest BCUT2D eigenvalue weighted by Gasteiger charge is 2.54. The van der Waals surface area contributed by atoms with Crippen molar-refractivity contribution < 1.29 is 89.4 Å². The number of carbonyl (C=O) groups excluding carboxylic acids is 1. The maximum Gasteiger partial charge on any atom is 0.220 e. The Hall–Kier alpha value is -4.33. The maximum atomic E-state index is 13.5. The number of carbonyl (C=O) groups is 1. The number of nitrogens with one attached hydrogen (secondary N) is 1. The van der Waals surface area contributed by atoms with Gasteiger partial charge in [-0.25, -0.2) is 0 Å². The third-order valence-corrected chi connectivity index (χ3v) is 21.9. The highest BCUT2D eigenvalue weighted by atomic mass is 16.8. The van der Waals surface area contributed by atoms with Crippen molar-refractivity contribution in [2.24, 2.45) is 0 Å². The second-order valence-electron chi connectivity index (χ2n) is 32.0. The Bertz CT molecular complexity index is 2670. The molecule has 116 heavy (non-hydrogen) atoms. The lowest BCUT2D eigenvalue weighted by Crippen LogP contribution is -2.66. The molecule has 3 fully saturated rings. The fourth-order valence-corrected chi connectivity index (χ4v) is 14.6. The summed E-state index contributed by atoms with van der Waals surface area (Å²) in [5, 5.41) is 121. The second-order valence-corrected chi connectivity index (χ2v) is 32.0. The first-order valence-corrected chi connectivity index (χ1v) is 46.1. The van der Waals surface area contributed by atoms with Crippen LogP contribution in [0.2, 0.25) is 0 Å². The van der Waals surface area contributed by atoms with Gasteiger partial charge in [-0.2, -0.15) is 0 Å². The SMILES string of the molecule is CC/C=C\C/C=C\C/C=C\C/C=C\C/C=C\C/C=C\C/C=C\C/C=C\C/C=C\C/C=C\CCCCCCCCCCCCC(=O)NC(COC1OC(CO)C(OC2OC(CO)C(OC3OC(CO)C(O)C(O)C3O)C(O)C2O)C(O)C1O)C(O)/C=C/CC/C=C/CCCCCCCCCCCCCCCCCCCCCCCCCC. The molecule has 12 N–H and O–H groups in total. The molecule has 3 heterocycles. The average molecular weight is 1630 g/mol. The minimum atomic E-state index is -1.99. The summed E-state index contributed by atoms with van der Waals surface area (Å²) in [6, 6.07) is -1.00. The summed E-state index contributed by atoms with van der Waals surface area (Å²) in [6.07, 6.45) is 82.8. The Morgan fingerprint density at radius 1 is 0.319 bits per heavy atom. The summed E-state index contributed by atoms with van der Waals surface area (Å²) in [4.78, 5) is 13.5. The van der Waals surface area contributed by atoms with E-state index in [1.165, 1.54) is 180 Å². The van der Waals surface area contributed by atoms with Crippen molar-refractivity contribution >= 4 is 5.91 Å². The molecule has 17 unspecified atom stereocenters. The molecule has 0 aliphatic carbocycles. The molecule has 19 heteroatoms. The summed E-state index contributed by atoms with van der Waals surface area (Å²) in [7, 11) is 0. The van der Waals surface area contributed by atoms with Crippen molar-refractivity contribution in [1.29, 1.82) is 0 Å². The third-order valence-electron chi connectivity index (χ3n) is 21.9. The zero-order valence-corrected chi connectivity index (χ0v) is 71.9. The molecule has 0 aromatic heterocycles. The standard InChI is InChI=1S/C97H165NO18/c1-3-5-7-9-11-13-15-17-19-21-23-25-27-29-31-33-35-36-37-38-39-40-41-42-43-44-45-47-49-51-53-55-57-59-61-63-65-67-69-71-73-75-85(103)98-80(81(102)74-72-70-68-66-64-62-60-58-56-54-52-50-48-46-34-32-30-28-26-24-22-20-18-16-14-12-10-8-6-4-2)79-111-95-91(109)88(106)93(83(77-100)113-95)116-97-92(110)89(107)94(84(78-101)114-97)115-96-90(108)87(105)86(104)82(76-99)112-96/h5,7,11,13,17,19,23,25,29,31,35-36,38-39,41-42,44-45,49,51,64,66,72,74,80-84,86-97,99-102,104-110H,3-4,6,8-10,12,14-16,18,20-22,24,26-28,30,32-34,37,40,43,46-48,50,52-63,65,67-71,73,75-79H2,1-2H3,(H,98,103)/b7-5-,13-11-,19-17-,25-23-,31-29-,36-35-,39-38-,42-41-,45-44-,51-49-,66-64+,74-72+. The molecule has 3 aliphatic rings. The molecule has 0 aromatic rings. The van der Waals surface area contributed by atoms with Crippen molar-refractivity contribution in [1.82, 2.24) is 5.32 Å². The van der Waals surface area contributed by atoms with E-state index in [0.717, 1.165) is 116 Å². The first-order chi connectivity index (χ1) is 56.8. The first kappa shape index (κ1) is 106. The van der Waals surface area contributed by atoms with Gasteiger partial charge in [-0.15, -0.1) is 0 Å². The van der Waals surface area contributed by atoms with Crippen molar-refractivity contribution in [3.63, 3.8) is 0 Å². The van der Waals surface area contributed by atoms with Gasteiger partial charge in [0.25, 0.3) is 0 Å². The Morgan fingerprint density at radius 2 is 0.603 bits per heavy atom. The van der Waals surface area contributed by atoms with Crippen LogP contribution in [0.4, 0.5) is 0 Å². The molecule has 3 rings (SSSR count). The van der Waals surface area contributed by atoms with Crippen LogP contribution in [0, 0.1) is 0 Å². The van der Waals surface area contributed by atoms with E-state index in [1.807, 2.05) is 6.08 Å². The molecule has 0 saturated carbocycles. The van der Waals surface area contributed by atoms with Gasteiger partial charge in [0, 0.05) is 6.42 Å². The van der Waals surface area contributed by atoms with Crippen LogP contribution in [0.5, 0.6) is 0 Å². The van der Waals surface area contributed by atoms with Gasteiger partial charge in [0.1, 0.15) is 73.2 Å². The topological polar surface area (TPSA) is 307 Å². The smallest absolute Gasteiger partial charge is 0.220 e. The Kier molecular flexibility index (Phi) is 68.0. The van der Waals surface area contributed by atoms with Crippen LogP contribution in [0.1, 0.15) is 328 Å². The number of allylic oxidation sites excluding steroid dienone is 23. The van der Waals surface area contributed by atoms with E-state index in [4.69, 9.17) is 28.4 Å². The van der Waals surface area contributed by atoms with Crippen LogP contribution in [-0.4, -0.2) is 193 Å². The van der Waals surface area contributed by atoms with Gasteiger partial charge in [0.2, 0.25) is 5.91 Å². The van der Waals surface area contributed by atoms with Gasteiger partial charge >= 0.3 is 0 Å². The van der Waals surface area contributed by atoms with E-state index in [1.54, 1.807) is 6.08 Å². The lowest BCUT2D eigenvalue weighted by atomic mass is 9.96. The van der Waals surface area contributed by atoms with Gasteiger partial charge in [0.05, 0.1) is 38.6 Å². The van der Waals surface area contributed by atoms with Gasteiger partial charge in [-0.05, 0) is 109 Å². The highest BCUT2D eigenvalue weighted by Crippen LogP contribution is 2.33. The molecule has 666 valence electrons. The lowest BCUT2D eigenvalue weighted by Gasteiger charge is -2.48. The monoisotopic (exact) mass is 1630 g/mol. The van der Waals surface area contributed by atoms with Crippen LogP contribution in [0.3, 0.4) is 0 Å². The fraction of sp³-hybridized carbons (Fsp3) is 0.742. The summed E-state index contributed by atoms with van der Waals surface area (Å²) >= 11 is 0. The number of rotatable bonds is 73. The first-order valence-electron chi connectivity index (χ1n) is 46.1. The van der Waals surface area contributed by atoms with E-state index in [9.17, 15) is 61.0 Å². The van der Waals surface area contributed by atoms with Crippen molar-refractivity contribution in [2.45, 2.75) is 433 Å². The van der Waals surface area contributed by atoms with Crippen LogP contribution in [0.15, 0.2) is 146 Å². The molecule has 19 nitrogen and oxygen atoms in total. The predicted molar refractivity (Wildman–Crippen MR) is 470 cm³/mol. The molecular formula is C97H165NO18. The lowest BCUT2D eigenvalue weighted by molar-refractivity contribution is -0.379. The van der Waals surface area contributed by atoms with Crippen LogP contribution in [0.25, 0.3) is 0 Å². The van der Waals surface area contributed by atoms with Gasteiger partial charge < -0.3 is 89.9 Å². The molecule has 17 atom stereocenters. The number of ether oxygens (including phenoxy) is 6. The quantitative estimate of drug-likeness (QED) is 0.0199. The Labute approximate surface area is 702 Å². The number of hydrogen-bond acceptors (Lipinski definition) is 18. The van der Waals surface area contributed by atoms with E-state index in [-0.39, 0.29) is 18.9 Å². The number of aliphatic hydroxyl groups is 11. The average Bonchev–Trinajstić information content (AvgIpc) is 0.783. The van der Waals surface area contributed by atoms with Crippen molar-refractivity contribution in [2.75, 3.05) is 26.4 Å². The molecule has 1 amide bonds. The molecular weight excluding hydrogens is 1470 g/mol. The fourth-order valence-electron chi connectivity index (χ4n) is 14.6. The molecule has 0 spiro atoms. The van der Waals surface area contributed by atoms with E-state index in [2.05, 4.69) is 153 Å². The Balaban J connectivity index is 1.34. The minimum absolute atomic E-state index is 0.222. The van der Waals surface area contributed by atoms with Gasteiger partial charge in [-0.3, -0.25) is 4.79 Å². The Morgan fingerprint density at radius 3 is 0.966 bits per heavy atom. The third kappa shape index (κ3) is 52.1. The zero-order chi connectivity index (χ0) is 83.8. The minimum Gasteiger partial charge on any atom is -0.394 e. The summed E-state index contributed by atoms with van der Waals surface area (Å²) in [6.45, 7) is 1.63. The molecule has 0 radical (unpaired) electrons. The van der Waals surface area contributed by atoms with Crippen LogP contribution in [-0.2, 0) is 33.2 Å². The van der Waals surface area contributed by atoms with Gasteiger partial charge in [0.15, 0.2) is 18.9 Å². The molecule has 3 aliphatic heterocycles. The summed E-state index contributed by atoms with van der Waals surface area (Å²) in [5.74, 6) is -0.292. The van der Waals surface area contributed by atoms with Crippen LogP contribution >= 0.6 is 0 Å². The van der Waals surface area contributed by atoms with Crippen molar-refractivity contribution in [3.05, 3.63) is 146 Å². The number of hydrogen-bond donors (Lipinski definition) is 12. The molecule has 0 bridgehead atoms. The number of amides is 1. The maximum absolute atomic E-state index is 13.5. The zero-order valence-electron chi connectivity index (χ0n) is 71.9. The van der Waals surface area contributed by atoms with Crippen molar-refractivity contribution in [3.8, 4) is 0 Å². The molecule has 3 saturated heterocycles. The molecule has 0 aromatic carbocycles. The predicted octanol–water partition coefficient (Wildman–Crippen LogP) is 18.1. The van der Waals surface area contributed by atoms with E-state index < -0.39 is 124 Å². The van der Waals surface area contributed by atoms with Crippen LogP contribution < -0.4 is 5.32 Å². The summed E-state index contributed by atoms with van der Waals surface area (Å²) < 4.78 is 34.5. The highest BCUT2D eigenvalue weighted by molar-refractivity contribution is 5.76. The number of aliphatic hydroxyl groups excluding tert-OH is 11. The summed E-state index contributed by atoms with van der Waals surface area (Å²) in [5.41, 5.74) is 0. The van der Waals surface area contributed by atoms with E-state index >= 15 is 0 Å².